The molecule has 104 valence electrons. The van der Waals surface area contributed by atoms with Crippen molar-refractivity contribution in [1.82, 2.24) is 5.32 Å². The maximum Gasteiger partial charge on any atom is 0.164 e. The third-order valence-corrected chi connectivity index (χ3v) is 4.38. The van der Waals surface area contributed by atoms with Crippen molar-refractivity contribution in [3.05, 3.63) is 22.2 Å². The van der Waals surface area contributed by atoms with E-state index >= 15 is 0 Å². The van der Waals surface area contributed by atoms with Gasteiger partial charge in [-0.2, -0.15) is 0 Å². The summed E-state index contributed by atoms with van der Waals surface area (Å²) >= 11 is 6.43. The summed E-state index contributed by atoms with van der Waals surface area (Å²) < 4.78 is 11.3. The Balaban J connectivity index is 1.87. The molecule has 1 atom stereocenters. The smallest absolute Gasteiger partial charge is 0.164 e. The number of fused-ring (bicyclic) bond motifs is 1. The standard InChI is InChI=1S/C15H20ClNO2/c1-10-12(7-11-3-2-4-17-9-11)13(16)8-14-15(10)19-6-5-18-14/h8,11,17H,2-7,9H2,1H3. The minimum Gasteiger partial charge on any atom is -0.486 e. The van der Waals surface area contributed by atoms with Crippen LogP contribution in [-0.4, -0.2) is 26.3 Å². The molecule has 0 spiro atoms. The van der Waals surface area contributed by atoms with Crippen molar-refractivity contribution in [2.45, 2.75) is 26.2 Å². The van der Waals surface area contributed by atoms with Crippen molar-refractivity contribution in [1.29, 1.82) is 0 Å². The molecule has 0 aromatic heterocycles. The molecule has 2 aliphatic heterocycles. The van der Waals surface area contributed by atoms with Gasteiger partial charge in [0.05, 0.1) is 0 Å². The molecule has 4 heteroatoms. The quantitative estimate of drug-likeness (QED) is 0.904. The van der Waals surface area contributed by atoms with E-state index < -0.39 is 0 Å². The zero-order valence-electron chi connectivity index (χ0n) is 11.3. The maximum atomic E-state index is 6.43. The number of ether oxygens (including phenoxy) is 2. The Morgan fingerprint density at radius 3 is 3.00 bits per heavy atom. The SMILES string of the molecule is Cc1c(CC2CCCNC2)c(Cl)cc2c1OCCO2. The van der Waals surface area contributed by atoms with Gasteiger partial charge in [-0.15, -0.1) is 0 Å². The van der Waals surface area contributed by atoms with Gasteiger partial charge in [0.1, 0.15) is 13.2 Å². The number of rotatable bonds is 2. The Kier molecular flexibility index (Phi) is 3.85. The highest BCUT2D eigenvalue weighted by molar-refractivity contribution is 6.31. The minimum atomic E-state index is 0.606. The number of hydrogen-bond acceptors (Lipinski definition) is 3. The van der Waals surface area contributed by atoms with Gasteiger partial charge in [0.25, 0.3) is 0 Å². The summed E-state index contributed by atoms with van der Waals surface area (Å²) in [4.78, 5) is 0. The van der Waals surface area contributed by atoms with Gasteiger partial charge in [-0.05, 0) is 56.3 Å². The van der Waals surface area contributed by atoms with Crippen molar-refractivity contribution in [2.75, 3.05) is 26.3 Å². The number of piperidine rings is 1. The van der Waals surface area contributed by atoms with Crippen LogP contribution in [0.25, 0.3) is 0 Å². The van der Waals surface area contributed by atoms with Gasteiger partial charge in [0.2, 0.25) is 0 Å². The van der Waals surface area contributed by atoms with Crippen LogP contribution in [0.4, 0.5) is 0 Å². The van der Waals surface area contributed by atoms with E-state index in [1.165, 1.54) is 18.4 Å². The van der Waals surface area contributed by atoms with Gasteiger partial charge < -0.3 is 14.8 Å². The number of nitrogens with one attached hydrogen (secondary N) is 1. The topological polar surface area (TPSA) is 30.5 Å². The monoisotopic (exact) mass is 281 g/mol. The number of benzene rings is 1. The Hall–Kier alpha value is -0.930. The molecule has 1 saturated heterocycles. The molecule has 1 aromatic rings. The largest absolute Gasteiger partial charge is 0.486 e. The highest BCUT2D eigenvalue weighted by Crippen LogP contribution is 2.40. The van der Waals surface area contributed by atoms with Crippen LogP contribution in [0.2, 0.25) is 5.02 Å². The lowest BCUT2D eigenvalue weighted by Crippen LogP contribution is -2.31. The fraction of sp³-hybridized carbons (Fsp3) is 0.600. The van der Waals surface area contributed by atoms with Gasteiger partial charge in [-0.3, -0.25) is 0 Å². The average Bonchev–Trinajstić information content (AvgIpc) is 2.45. The fourth-order valence-electron chi connectivity index (χ4n) is 2.99. The summed E-state index contributed by atoms with van der Waals surface area (Å²) in [5.74, 6) is 2.35. The lowest BCUT2D eigenvalue weighted by molar-refractivity contribution is 0.170. The van der Waals surface area contributed by atoms with E-state index in [4.69, 9.17) is 21.1 Å². The highest BCUT2D eigenvalue weighted by Gasteiger charge is 2.22. The number of hydrogen-bond donors (Lipinski definition) is 1. The molecule has 1 fully saturated rings. The van der Waals surface area contributed by atoms with Crippen LogP contribution in [0.15, 0.2) is 6.07 Å². The molecule has 0 saturated carbocycles. The Labute approximate surface area is 119 Å². The van der Waals surface area contributed by atoms with E-state index in [1.807, 2.05) is 6.07 Å². The second-order valence-electron chi connectivity index (χ2n) is 5.40. The Morgan fingerprint density at radius 1 is 1.37 bits per heavy atom. The lowest BCUT2D eigenvalue weighted by Gasteiger charge is -2.26. The molecule has 2 aliphatic rings. The van der Waals surface area contributed by atoms with Crippen LogP contribution in [0.1, 0.15) is 24.0 Å². The molecule has 0 amide bonds. The zero-order valence-corrected chi connectivity index (χ0v) is 12.1. The van der Waals surface area contributed by atoms with Crippen LogP contribution in [0, 0.1) is 12.8 Å². The second kappa shape index (κ2) is 5.59. The van der Waals surface area contributed by atoms with E-state index in [0.717, 1.165) is 41.6 Å². The van der Waals surface area contributed by atoms with Crippen molar-refractivity contribution < 1.29 is 9.47 Å². The van der Waals surface area contributed by atoms with Crippen LogP contribution < -0.4 is 14.8 Å². The molecule has 0 radical (unpaired) electrons. The second-order valence-corrected chi connectivity index (χ2v) is 5.81. The Bertz CT molecular complexity index is 470. The molecule has 19 heavy (non-hydrogen) atoms. The minimum absolute atomic E-state index is 0.606. The first-order chi connectivity index (χ1) is 9.25. The number of halogens is 1. The summed E-state index contributed by atoms with van der Waals surface area (Å²) in [5.41, 5.74) is 2.37. The summed E-state index contributed by atoms with van der Waals surface area (Å²) in [6, 6.07) is 1.91. The summed E-state index contributed by atoms with van der Waals surface area (Å²) in [5, 5.41) is 4.27. The average molecular weight is 282 g/mol. The fourth-order valence-corrected chi connectivity index (χ4v) is 3.31. The molecular weight excluding hydrogens is 262 g/mol. The first kappa shape index (κ1) is 13.1. The van der Waals surface area contributed by atoms with Crippen LogP contribution in [0.5, 0.6) is 11.5 Å². The summed E-state index contributed by atoms with van der Waals surface area (Å²) in [7, 11) is 0. The maximum absolute atomic E-state index is 6.43. The predicted molar refractivity (Wildman–Crippen MR) is 76.5 cm³/mol. The Morgan fingerprint density at radius 2 is 2.21 bits per heavy atom. The summed E-state index contributed by atoms with van der Waals surface area (Å²) in [6.45, 7) is 5.55. The van der Waals surface area contributed by atoms with E-state index in [1.54, 1.807) is 0 Å². The van der Waals surface area contributed by atoms with Gasteiger partial charge in [0.15, 0.2) is 11.5 Å². The molecule has 3 rings (SSSR count). The van der Waals surface area contributed by atoms with Gasteiger partial charge in [-0.1, -0.05) is 11.6 Å². The van der Waals surface area contributed by atoms with Gasteiger partial charge in [0, 0.05) is 11.1 Å². The van der Waals surface area contributed by atoms with Crippen molar-refractivity contribution in [3.63, 3.8) is 0 Å². The normalized spacial score (nSPS) is 22.3. The van der Waals surface area contributed by atoms with Crippen molar-refractivity contribution in [3.8, 4) is 11.5 Å². The third kappa shape index (κ3) is 2.67. The molecule has 1 N–H and O–H groups in total. The molecule has 3 nitrogen and oxygen atoms in total. The predicted octanol–water partition coefficient (Wildman–Crippen LogP) is 2.96. The molecule has 1 unspecified atom stereocenters. The molecule has 0 aliphatic carbocycles. The molecule has 2 heterocycles. The van der Waals surface area contributed by atoms with Crippen molar-refractivity contribution >= 4 is 11.6 Å². The summed E-state index contributed by atoms with van der Waals surface area (Å²) in [6.07, 6.45) is 3.55. The van der Waals surface area contributed by atoms with Crippen LogP contribution in [-0.2, 0) is 6.42 Å². The lowest BCUT2D eigenvalue weighted by atomic mass is 9.90. The first-order valence-corrected chi connectivity index (χ1v) is 7.42. The molecule has 1 aromatic carbocycles. The molecule has 0 bridgehead atoms. The zero-order chi connectivity index (χ0) is 13.2. The van der Waals surface area contributed by atoms with Crippen molar-refractivity contribution in [2.24, 2.45) is 5.92 Å². The third-order valence-electron chi connectivity index (χ3n) is 4.04. The van der Waals surface area contributed by atoms with Crippen LogP contribution >= 0.6 is 11.6 Å². The van der Waals surface area contributed by atoms with Gasteiger partial charge in [-0.25, -0.2) is 0 Å². The van der Waals surface area contributed by atoms with E-state index in [0.29, 0.717) is 19.1 Å². The van der Waals surface area contributed by atoms with Crippen LogP contribution in [0.3, 0.4) is 0 Å². The molecular formula is C15H20ClNO2. The van der Waals surface area contributed by atoms with E-state index in [9.17, 15) is 0 Å². The van der Waals surface area contributed by atoms with E-state index in [2.05, 4.69) is 12.2 Å². The van der Waals surface area contributed by atoms with Gasteiger partial charge >= 0.3 is 0 Å². The highest BCUT2D eigenvalue weighted by atomic mass is 35.5. The first-order valence-electron chi connectivity index (χ1n) is 7.04. The van der Waals surface area contributed by atoms with E-state index in [-0.39, 0.29) is 0 Å².